The third-order valence-electron chi connectivity index (χ3n) is 4.37. The van der Waals surface area contributed by atoms with Crippen molar-refractivity contribution in [2.75, 3.05) is 0 Å². The van der Waals surface area contributed by atoms with Crippen molar-refractivity contribution in [2.24, 2.45) is 0 Å². The van der Waals surface area contributed by atoms with E-state index in [1.165, 1.54) is 11.1 Å². The second kappa shape index (κ2) is 8.31. The van der Waals surface area contributed by atoms with Gasteiger partial charge in [-0.15, -0.1) is 0 Å². The van der Waals surface area contributed by atoms with Crippen LogP contribution >= 0.6 is 0 Å². The summed E-state index contributed by atoms with van der Waals surface area (Å²) >= 11 is 0.639. The Kier molecular flexibility index (Phi) is 7.07. The summed E-state index contributed by atoms with van der Waals surface area (Å²) in [5.74, 6) is 0. The molecule has 0 fully saturated rings. The second-order valence-electron chi connectivity index (χ2n) is 5.71. The molecular formula is C20H27Ga. The Morgan fingerprint density at radius 1 is 0.667 bits per heavy atom. The Morgan fingerprint density at radius 3 is 1.33 bits per heavy atom. The molecule has 0 aromatic carbocycles. The van der Waals surface area contributed by atoms with Crippen LogP contribution in [0.4, 0.5) is 0 Å². The van der Waals surface area contributed by atoms with Crippen LogP contribution in [0.5, 0.6) is 0 Å². The molecule has 0 saturated heterocycles. The Hall–Kier alpha value is -1.18. The Labute approximate surface area is 140 Å². The van der Waals surface area contributed by atoms with Crippen LogP contribution in [0.3, 0.4) is 0 Å². The molecule has 0 aromatic heterocycles. The number of hydrogen-bond donors (Lipinski definition) is 0. The van der Waals surface area contributed by atoms with E-state index < -0.39 is 0 Å². The van der Waals surface area contributed by atoms with Crippen LogP contribution in [-0.2, 0) is 0 Å². The first-order valence-electron chi connectivity index (χ1n) is 7.60. The van der Waals surface area contributed by atoms with E-state index in [9.17, 15) is 0 Å². The van der Waals surface area contributed by atoms with E-state index in [-0.39, 0.29) is 3.97 Å². The van der Waals surface area contributed by atoms with Crippen LogP contribution in [0.1, 0.15) is 32.1 Å². The van der Waals surface area contributed by atoms with Crippen molar-refractivity contribution in [3.05, 3.63) is 85.6 Å². The van der Waals surface area contributed by atoms with E-state index in [1.54, 1.807) is 11.1 Å². The summed E-state index contributed by atoms with van der Waals surface area (Å²) in [7, 11) is 0. The number of allylic oxidation sites excluding steroid dienone is 9. The van der Waals surface area contributed by atoms with Crippen LogP contribution in [-0.4, -0.2) is 18.6 Å². The van der Waals surface area contributed by atoms with Gasteiger partial charge in [-0.3, -0.25) is 0 Å². The molecule has 110 valence electrons. The molecule has 0 unspecified atom stereocenters. The Bertz CT molecular complexity index is 474. The van der Waals surface area contributed by atoms with Gasteiger partial charge in [-0.05, 0) is 0 Å². The molecule has 0 amide bonds. The van der Waals surface area contributed by atoms with Crippen molar-refractivity contribution in [3.63, 3.8) is 0 Å². The maximum atomic E-state index is 3.99. The molecule has 0 radical (unpaired) electrons. The molecule has 0 saturated carbocycles. The molecule has 21 heavy (non-hydrogen) atoms. The fourth-order valence-electron chi connectivity index (χ4n) is 3.51. The third kappa shape index (κ3) is 3.53. The van der Waals surface area contributed by atoms with Gasteiger partial charge in [-0.1, -0.05) is 0 Å². The molecule has 0 atom stereocenters. The van der Waals surface area contributed by atoms with Gasteiger partial charge in [0.15, 0.2) is 0 Å². The molecule has 0 aliphatic heterocycles. The summed E-state index contributed by atoms with van der Waals surface area (Å²) < 4.78 is 0.216. The fraction of sp³-hybridized carbons (Fsp3) is 0.300. The van der Waals surface area contributed by atoms with Gasteiger partial charge in [0.2, 0.25) is 0 Å². The van der Waals surface area contributed by atoms with Gasteiger partial charge in [-0.2, -0.15) is 0 Å². The number of rotatable bonds is 10. The summed E-state index contributed by atoms with van der Waals surface area (Å²) in [6, 6.07) is 0. The summed E-state index contributed by atoms with van der Waals surface area (Å²) in [6.07, 6.45) is 15.0. The standard InChI is InChI=1S/C20H25.Ga.2H/c1-6-11-16-17(12-7-2)19(14-9-4)20(15-10-5)18(16)13-8-3;;;/h6-10H,1-5,11-15H2;;;. The van der Waals surface area contributed by atoms with E-state index in [4.69, 9.17) is 0 Å². The molecule has 1 rings (SSSR count). The minimum absolute atomic E-state index is 0.216. The van der Waals surface area contributed by atoms with Crippen molar-refractivity contribution in [1.29, 1.82) is 0 Å². The van der Waals surface area contributed by atoms with E-state index in [1.807, 2.05) is 24.3 Å². The van der Waals surface area contributed by atoms with Gasteiger partial charge < -0.3 is 0 Å². The molecule has 0 heterocycles. The van der Waals surface area contributed by atoms with Crippen molar-refractivity contribution in [3.8, 4) is 0 Å². The predicted molar refractivity (Wildman–Crippen MR) is 99.4 cm³/mol. The molecule has 1 aliphatic carbocycles. The van der Waals surface area contributed by atoms with Gasteiger partial charge in [0.25, 0.3) is 0 Å². The van der Waals surface area contributed by atoms with E-state index >= 15 is 0 Å². The quantitative estimate of drug-likeness (QED) is 0.377. The van der Waals surface area contributed by atoms with Crippen LogP contribution in [0.2, 0.25) is 3.97 Å². The predicted octanol–water partition coefficient (Wildman–Crippen LogP) is 5.27. The van der Waals surface area contributed by atoms with Crippen molar-refractivity contribution in [1.82, 2.24) is 0 Å². The summed E-state index contributed by atoms with van der Waals surface area (Å²) in [5, 5.41) is 0. The van der Waals surface area contributed by atoms with E-state index in [0.29, 0.717) is 18.6 Å². The molecule has 1 aliphatic rings. The normalized spacial score (nSPS) is 16.8. The summed E-state index contributed by atoms with van der Waals surface area (Å²) in [5.41, 5.74) is 6.03. The third-order valence-corrected chi connectivity index (χ3v) is 7.76. The maximum absolute atomic E-state index is 3.99. The van der Waals surface area contributed by atoms with E-state index in [2.05, 4.69) is 39.0 Å². The van der Waals surface area contributed by atoms with Crippen LogP contribution < -0.4 is 0 Å². The fourth-order valence-corrected chi connectivity index (χ4v) is 6.24. The zero-order valence-electron chi connectivity index (χ0n) is 13.5. The monoisotopic (exact) mass is 336 g/mol. The average molecular weight is 337 g/mol. The molecule has 0 bridgehead atoms. The van der Waals surface area contributed by atoms with Crippen molar-refractivity contribution in [2.45, 2.75) is 36.1 Å². The molecular weight excluding hydrogens is 310 g/mol. The molecule has 0 N–H and O–H groups in total. The minimum atomic E-state index is 0.216. The van der Waals surface area contributed by atoms with Crippen LogP contribution in [0.15, 0.2) is 85.6 Å². The van der Waals surface area contributed by atoms with Crippen LogP contribution in [0, 0.1) is 0 Å². The second-order valence-corrected chi connectivity index (χ2v) is 9.29. The van der Waals surface area contributed by atoms with Gasteiger partial charge in [0.1, 0.15) is 0 Å². The Morgan fingerprint density at radius 2 is 1.05 bits per heavy atom. The Balaban J connectivity index is 3.55. The van der Waals surface area contributed by atoms with Gasteiger partial charge in [0.05, 0.1) is 0 Å². The van der Waals surface area contributed by atoms with Crippen molar-refractivity contribution < 1.29 is 0 Å². The summed E-state index contributed by atoms with van der Waals surface area (Å²) in [6.45, 7) is 19.8. The van der Waals surface area contributed by atoms with Gasteiger partial charge in [-0.25, -0.2) is 0 Å². The SMILES string of the molecule is C=CCC1=C(CC=C)[C]([GaH2])(CC=C)C(CC=C)=C1CC=C. The zero-order chi connectivity index (χ0) is 15.9. The first kappa shape index (κ1) is 17.9. The summed E-state index contributed by atoms with van der Waals surface area (Å²) in [4.78, 5) is 0. The first-order valence-corrected chi connectivity index (χ1v) is 9.70. The van der Waals surface area contributed by atoms with Crippen molar-refractivity contribution >= 4 is 18.6 Å². The van der Waals surface area contributed by atoms with Gasteiger partial charge >= 0.3 is 140 Å². The van der Waals surface area contributed by atoms with Crippen LogP contribution in [0.25, 0.3) is 0 Å². The first-order chi connectivity index (χ1) is 10.1. The van der Waals surface area contributed by atoms with Gasteiger partial charge in [0, 0.05) is 0 Å². The molecule has 0 nitrogen and oxygen atoms in total. The molecule has 1 heteroatoms. The molecule has 0 aromatic rings. The van der Waals surface area contributed by atoms with E-state index in [0.717, 1.165) is 32.1 Å². The zero-order valence-corrected chi connectivity index (χ0v) is 17.7. The average Bonchev–Trinajstić information content (AvgIpc) is 2.65. The number of hydrogen-bond acceptors (Lipinski definition) is 0. The molecule has 0 spiro atoms. The topological polar surface area (TPSA) is 0 Å².